The zero-order chi connectivity index (χ0) is 15.0. The third-order valence-electron chi connectivity index (χ3n) is 3.27. The zero-order valence-corrected chi connectivity index (χ0v) is 12.9. The van der Waals surface area contributed by atoms with E-state index in [-0.39, 0.29) is 4.90 Å². The first kappa shape index (κ1) is 14.3. The Kier molecular flexibility index (Phi) is 3.62. The van der Waals surface area contributed by atoms with E-state index in [1.807, 2.05) is 0 Å². The molecule has 0 amide bonds. The highest BCUT2D eigenvalue weighted by molar-refractivity contribution is 7.99. The van der Waals surface area contributed by atoms with Crippen molar-refractivity contribution in [3.8, 4) is 0 Å². The van der Waals surface area contributed by atoms with Gasteiger partial charge in [-0.25, -0.2) is 17.8 Å². The smallest absolute Gasteiger partial charge is 0.263 e. The summed E-state index contributed by atoms with van der Waals surface area (Å²) in [5.74, 6) is 0.0643. The van der Waals surface area contributed by atoms with Crippen LogP contribution in [0, 0.1) is 12.7 Å². The number of aryl methyl sites for hydroxylation is 1. The van der Waals surface area contributed by atoms with E-state index in [1.54, 1.807) is 25.3 Å². The monoisotopic (exact) mass is 324 g/mol. The minimum atomic E-state index is -3.79. The van der Waals surface area contributed by atoms with Crippen molar-refractivity contribution in [2.24, 2.45) is 0 Å². The molecule has 0 unspecified atom stereocenters. The van der Waals surface area contributed by atoms with Gasteiger partial charge in [0.05, 0.1) is 10.6 Å². The predicted molar refractivity (Wildman–Crippen MR) is 80.6 cm³/mol. The summed E-state index contributed by atoms with van der Waals surface area (Å²) >= 11 is 1.52. The van der Waals surface area contributed by atoms with Gasteiger partial charge in [-0.2, -0.15) is 0 Å². The maximum atomic E-state index is 13.4. The molecular formula is C14H13FN2O2S2. The highest BCUT2D eigenvalue weighted by Gasteiger charge is 2.31. The van der Waals surface area contributed by atoms with Crippen LogP contribution in [-0.4, -0.2) is 25.7 Å². The Morgan fingerprint density at radius 1 is 1.33 bits per heavy atom. The second kappa shape index (κ2) is 5.31. The van der Waals surface area contributed by atoms with Crippen LogP contribution in [0.4, 0.5) is 10.1 Å². The van der Waals surface area contributed by atoms with E-state index in [0.717, 1.165) is 6.07 Å². The molecule has 1 aromatic carbocycles. The molecule has 0 atom stereocenters. The van der Waals surface area contributed by atoms with Crippen molar-refractivity contribution in [3.05, 3.63) is 47.9 Å². The molecule has 3 rings (SSSR count). The minimum Gasteiger partial charge on any atom is -0.263 e. The quantitative estimate of drug-likeness (QED) is 0.852. The van der Waals surface area contributed by atoms with E-state index in [0.29, 0.717) is 28.6 Å². The third-order valence-corrected chi connectivity index (χ3v) is 6.20. The van der Waals surface area contributed by atoms with Gasteiger partial charge < -0.3 is 0 Å². The van der Waals surface area contributed by atoms with E-state index >= 15 is 0 Å². The van der Waals surface area contributed by atoms with Crippen LogP contribution in [0.1, 0.15) is 5.56 Å². The van der Waals surface area contributed by atoms with E-state index in [1.165, 1.54) is 28.2 Å². The van der Waals surface area contributed by atoms with Gasteiger partial charge >= 0.3 is 0 Å². The molecule has 2 heterocycles. The summed E-state index contributed by atoms with van der Waals surface area (Å²) < 4.78 is 40.4. The SMILES string of the molecule is Cc1ccc(F)cc1S(=O)(=O)N1CCSc2ncccc21. The molecule has 2 aromatic rings. The normalized spacial score (nSPS) is 14.9. The van der Waals surface area contributed by atoms with Crippen molar-refractivity contribution in [3.63, 3.8) is 0 Å². The lowest BCUT2D eigenvalue weighted by Crippen LogP contribution is -2.36. The van der Waals surface area contributed by atoms with Crippen LogP contribution in [0.15, 0.2) is 46.5 Å². The molecule has 1 aromatic heterocycles. The number of sulfonamides is 1. The molecule has 21 heavy (non-hydrogen) atoms. The maximum absolute atomic E-state index is 13.4. The van der Waals surface area contributed by atoms with Gasteiger partial charge in [0.1, 0.15) is 10.8 Å². The van der Waals surface area contributed by atoms with Crippen LogP contribution >= 0.6 is 11.8 Å². The summed E-state index contributed by atoms with van der Waals surface area (Å²) in [7, 11) is -3.79. The highest BCUT2D eigenvalue weighted by atomic mass is 32.2. The molecule has 1 aliphatic heterocycles. The van der Waals surface area contributed by atoms with Crippen LogP contribution in [0.3, 0.4) is 0 Å². The number of hydrogen-bond acceptors (Lipinski definition) is 4. The fraction of sp³-hybridized carbons (Fsp3) is 0.214. The van der Waals surface area contributed by atoms with Crippen molar-refractivity contribution in [2.45, 2.75) is 16.8 Å². The van der Waals surface area contributed by atoms with Crippen LogP contribution in [-0.2, 0) is 10.0 Å². The molecular weight excluding hydrogens is 311 g/mol. The number of pyridine rings is 1. The summed E-state index contributed by atoms with van der Waals surface area (Å²) in [6, 6.07) is 7.23. The fourth-order valence-corrected chi connectivity index (χ4v) is 5.06. The summed E-state index contributed by atoms with van der Waals surface area (Å²) in [6.07, 6.45) is 1.63. The van der Waals surface area contributed by atoms with Crippen molar-refractivity contribution in [2.75, 3.05) is 16.6 Å². The highest BCUT2D eigenvalue weighted by Crippen LogP contribution is 2.36. The van der Waals surface area contributed by atoms with E-state index in [9.17, 15) is 12.8 Å². The Morgan fingerprint density at radius 2 is 2.14 bits per heavy atom. The molecule has 0 saturated heterocycles. The van der Waals surface area contributed by atoms with Gasteiger partial charge in [0.2, 0.25) is 0 Å². The van der Waals surface area contributed by atoms with Crippen LogP contribution in [0.2, 0.25) is 0 Å². The Hall–Kier alpha value is -1.60. The summed E-state index contributed by atoms with van der Waals surface area (Å²) in [6.45, 7) is 2.01. The molecule has 0 aliphatic carbocycles. The predicted octanol–water partition coefficient (Wildman–Crippen LogP) is 2.83. The van der Waals surface area contributed by atoms with E-state index in [4.69, 9.17) is 0 Å². The minimum absolute atomic E-state index is 0.00389. The molecule has 0 fully saturated rings. The lowest BCUT2D eigenvalue weighted by atomic mass is 10.2. The molecule has 0 bridgehead atoms. The van der Waals surface area contributed by atoms with Crippen molar-refractivity contribution in [1.29, 1.82) is 0 Å². The van der Waals surface area contributed by atoms with Crippen molar-refractivity contribution in [1.82, 2.24) is 4.98 Å². The molecule has 1 aliphatic rings. The van der Waals surface area contributed by atoms with Gasteiger partial charge in [-0.3, -0.25) is 4.31 Å². The number of aromatic nitrogens is 1. The second-order valence-electron chi connectivity index (χ2n) is 4.66. The molecule has 0 radical (unpaired) electrons. The van der Waals surface area contributed by atoms with Gasteiger partial charge in [-0.1, -0.05) is 6.07 Å². The van der Waals surface area contributed by atoms with Crippen molar-refractivity contribution >= 4 is 27.5 Å². The number of anilines is 1. The number of halogens is 1. The first-order chi connectivity index (χ1) is 10.00. The summed E-state index contributed by atoms with van der Waals surface area (Å²) in [5.41, 5.74) is 1.08. The number of nitrogens with zero attached hydrogens (tertiary/aromatic N) is 2. The molecule has 110 valence electrons. The molecule has 7 heteroatoms. The third kappa shape index (κ3) is 2.51. The number of thioether (sulfide) groups is 1. The van der Waals surface area contributed by atoms with E-state index in [2.05, 4.69) is 4.98 Å². The van der Waals surface area contributed by atoms with Gasteiger partial charge in [0.15, 0.2) is 0 Å². The maximum Gasteiger partial charge on any atom is 0.264 e. The average molecular weight is 324 g/mol. The largest absolute Gasteiger partial charge is 0.264 e. The summed E-state index contributed by atoms with van der Waals surface area (Å²) in [5, 5.41) is 0.682. The van der Waals surface area contributed by atoms with Crippen LogP contribution < -0.4 is 4.31 Å². The topological polar surface area (TPSA) is 50.3 Å². The molecule has 0 spiro atoms. The number of hydrogen-bond donors (Lipinski definition) is 0. The zero-order valence-electron chi connectivity index (χ0n) is 11.3. The average Bonchev–Trinajstić information content (AvgIpc) is 2.49. The Bertz CT molecular complexity index is 793. The summed E-state index contributed by atoms with van der Waals surface area (Å²) in [4.78, 5) is 4.20. The van der Waals surface area contributed by atoms with E-state index < -0.39 is 15.8 Å². The van der Waals surface area contributed by atoms with Gasteiger partial charge in [-0.05, 0) is 36.8 Å². The lowest BCUT2D eigenvalue weighted by molar-refractivity contribution is 0.585. The fourth-order valence-electron chi connectivity index (χ4n) is 2.25. The van der Waals surface area contributed by atoms with Crippen LogP contribution in [0.5, 0.6) is 0 Å². The Morgan fingerprint density at radius 3 is 2.95 bits per heavy atom. The standard InChI is InChI=1S/C14H13FN2O2S2/c1-10-4-5-11(15)9-13(10)21(18,19)17-7-8-20-14-12(17)3-2-6-16-14/h2-6,9H,7-8H2,1H3. The van der Waals surface area contributed by atoms with Gasteiger partial charge in [-0.15, -0.1) is 11.8 Å². The molecule has 0 N–H and O–H groups in total. The number of fused-ring (bicyclic) bond motifs is 1. The van der Waals surface area contributed by atoms with Gasteiger partial charge in [0, 0.05) is 18.5 Å². The van der Waals surface area contributed by atoms with Gasteiger partial charge in [0.25, 0.3) is 10.0 Å². The number of rotatable bonds is 2. The number of benzene rings is 1. The second-order valence-corrected chi connectivity index (χ2v) is 7.58. The lowest BCUT2D eigenvalue weighted by Gasteiger charge is -2.29. The first-order valence-corrected chi connectivity index (χ1v) is 8.79. The Labute approximate surface area is 127 Å². The molecule has 4 nitrogen and oxygen atoms in total. The Balaban J connectivity index is 2.14. The first-order valence-electron chi connectivity index (χ1n) is 6.37. The van der Waals surface area contributed by atoms with Crippen LogP contribution in [0.25, 0.3) is 0 Å². The molecule has 0 saturated carbocycles. The van der Waals surface area contributed by atoms with Crippen molar-refractivity contribution < 1.29 is 12.8 Å².